The average Bonchev–Trinajstić information content (AvgIpc) is 3.45. The Hall–Kier alpha value is -5.40. The Bertz CT molecular complexity index is 2020. The van der Waals surface area contributed by atoms with Crippen LogP contribution < -0.4 is 20.1 Å². The Labute approximate surface area is 314 Å². The second kappa shape index (κ2) is 14.7. The second-order valence-electron chi connectivity index (χ2n) is 15.0. The number of esters is 1. The number of alkyl halides is 3. The lowest BCUT2D eigenvalue weighted by Crippen LogP contribution is -2.65. The number of rotatable bonds is 4. The number of ketones is 1. The molecule has 1 fully saturated rings. The van der Waals surface area contributed by atoms with Gasteiger partial charge in [0.05, 0.1) is 43.7 Å². The van der Waals surface area contributed by atoms with Crippen molar-refractivity contribution in [3.05, 3.63) is 35.5 Å². The summed E-state index contributed by atoms with van der Waals surface area (Å²) >= 11 is 0. The van der Waals surface area contributed by atoms with E-state index in [1.165, 1.54) is 19.2 Å². The largest absolute Gasteiger partial charge is 0.482 e. The number of Topliss-reactive ketones (excluding diaryl/α,β-unsaturated/α-hetero) is 1. The summed E-state index contributed by atoms with van der Waals surface area (Å²) < 4.78 is 66.0. The minimum atomic E-state index is -5.09. The molecule has 2 aromatic rings. The number of carbonyl (C=O) groups excluding carboxylic acids is 5. The van der Waals surface area contributed by atoms with Gasteiger partial charge >= 0.3 is 18.2 Å². The molecule has 3 aliphatic heterocycles. The number of hydrogen-bond donors (Lipinski definition) is 2. The smallest absolute Gasteiger partial charge is 0.437 e. The summed E-state index contributed by atoms with van der Waals surface area (Å²) in [6.07, 6.45) is -0.921. The van der Waals surface area contributed by atoms with Gasteiger partial charge in [0.25, 0.3) is 0 Å². The lowest BCUT2D eigenvalue weighted by atomic mass is 9.76. The van der Waals surface area contributed by atoms with Gasteiger partial charge in [0.1, 0.15) is 28.8 Å². The van der Waals surface area contributed by atoms with Crippen LogP contribution >= 0.6 is 0 Å². The topological polar surface area (TPSA) is 175 Å². The molecule has 3 amide bonds. The fraction of sp³-hybridized carbons (Fsp3) is 0.553. The first-order chi connectivity index (χ1) is 25.9. The van der Waals surface area contributed by atoms with Crippen molar-refractivity contribution >= 4 is 40.7 Å². The van der Waals surface area contributed by atoms with E-state index in [1.54, 1.807) is 33.8 Å². The maximum absolute atomic E-state index is 14.7. The van der Waals surface area contributed by atoms with E-state index in [1.807, 2.05) is 6.08 Å². The summed E-state index contributed by atoms with van der Waals surface area (Å²) in [6.45, 7) is 5.97. The van der Waals surface area contributed by atoms with Crippen LogP contribution in [-0.4, -0.2) is 93.6 Å². The predicted octanol–water partition coefficient (Wildman–Crippen LogP) is 4.43. The minimum absolute atomic E-state index is 0.0182. The van der Waals surface area contributed by atoms with E-state index >= 15 is 0 Å². The number of halogens is 3. The van der Waals surface area contributed by atoms with Gasteiger partial charge in [-0.2, -0.15) is 13.2 Å². The first-order valence-electron chi connectivity index (χ1n) is 18.1. The predicted molar refractivity (Wildman–Crippen MR) is 188 cm³/mol. The number of methoxy groups -OCH3 is 1. The highest BCUT2D eigenvalue weighted by Gasteiger charge is 2.59. The van der Waals surface area contributed by atoms with Gasteiger partial charge in [0, 0.05) is 12.5 Å². The number of aromatic nitrogens is 2. The molecule has 2 N–H and O–H groups in total. The van der Waals surface area contributed by atoms with Gasteiger partial charge in [-0.3, -0.25) is 14.4 Å². The van der Waals surface area contributed by atoms with E-state index in [2.05, 4.69) is 32.4 Å². The van der Waals surface area contributed by atoms with Crippen molar-refractivity contribution in [3.8, 4) is 23.5 Å². The second-order valence-corrected chi connectivity index (χ2v) is 15.0. The summed E-state index contributed by atoms with van der Waals surface area (Å²) in [6, 6.07) is -0.195. The molecule has 1 saturated heterocycles. The number of fused-ring (bicyclic) bond motifs is 5. The lowest BCUT2D eigenvalue weighted by molar-refractivity contribution is -0.153. The van der Waals surface area contributed by atoms with Crippen molar-refractivity contribution in [2.75, 3.05) is 20.3 Å². The van der Waals surface area contributed by atoms with Crippen LogP contribution in [0.1, 0.15) is 88.7 Å². The summed E-state index contributed by atoms with van der Waals surface area (Å²) in [5.74, 6) is 0.683. The van der Waals surface area contributed by atoms with Gasteiger partial charge in [-0.15, -0.1) is 0 Å². The standard InChI is InChI=1S/C38H42F3N5O9/c1-6-53-33(50)37-17-16-21(37)12-10-8-7-9-11-13-23(43-34(51)55-35(2,3)4)32(49)46-20-36(18-24(46)31(48)45-37)19-25(47)27-28-22(14-15-26(44-28)52-5)42-30(29(27)54-36)38(39,40)41/h10,12,14-15,21,23-24H,6-9,11,13,18-20H2,1-5H3,(H,43,51)(H,45,48). The number of alkyl carbamates (subject to hydrolysis) is 1. The molecule has 0 radical (unpaired) electrons. The Kier molecular flexibility index (Phi) is 10.5. The summed E-state index contributed by atoms with van der Waals surface area (Å²) in [4.78, 5) is 78.6. The van der Waals surface area contributed by atoms with Crippen LogP contribution in [0.3, 0.4) is 0 Å². The number of nitrogens with one attached hydrogen (secondary N) is 2. The Balaban J connectivity index is 1.45. The summed E-state index contributed by atoms with van der Waals surface area (Å²) in [7, 11) is 1.30. The van der Waals surface area contributed by atoms with Crippen molar-refractivity contribution in [3.63, 3.8) is 0 Å². The van der Waals surface area contributed by atoms with Gasteiger partial charge in [-0.1, -0.05) is 36.8 Å². The fourth-order valence-corrected chi connectivity index (χ4v) is 7.30. The van der Waals surface area contributed by atoms with Crippen molar-refractivity contribution in [2.45, 2.75) is 108 Å². The quantitative estimate of drug-likeness (QED) is 0.256. The third-order valence-electron chi connectivity index (χ3n) is 9.79. The zero-order valence-corrected chi connectivity index (χ0v) is 31.1. The van der Waals surface area contributed by atoms with Gasteiger partial charge < -0.3 is 34.5 Å². The molecular weight excluding hydrogens is 727 g/mol. The van der Waals surface area contributed by atoms with Crippen molar-refractivity contribution < 1.29 is 56.1 Å². The maximum Gasteiger partial charge on any atom is 0.437 e. The molecule has 4 aliphatic rings. The molecule has 14 nitrogen and oxygen atoms in total. The third-order valence-corrected chi connectivity index (χ3v) is 9.79. The Morgan fingerprint density at radius 3 is 2.55 bits per heavy atom. The fourth-order valence-electron chi connectivity index (χ4n) is 7.30. The molecule has 5 atom stereocenters. The third kappa shape index (κ3) is 7.76. The van der Waals surface area contributed by atoms with Gasteiger partial charge in [-0.25, -0.2) is 19.6 Å². The van der Waals surface area contributed by atoms with Crippen LogP contribution in [0.25, 0.3) is 11.0 Å². The SMILES string of the molecule is CCOC(=O)C12C#CC1C=CCCCCCC(NC(=O)OC(C)(C)C)C(=O)N1CC3(CC(=O)c4c(c(C(F)(F)F)nc5ccc(OC)nc45)O3)CC1C(=O)N2. The van der Waals surface area contributed by atoms with Gasteiger partial charge in [0.15, 0.2) is 17.2 Å². The molecule has 2 aromatic heterocycles. The number of nitrogens with zero attached hydrogens (tertiary/aromatic N) is 3. The first kappa shape index (κ1) is 39.3. The van der Waals surface area contributed by atoms with Crippen LogP contribution in [0.5, 0.6) is 11.6 Å². The molecule has 0 saturated carbocycles. The first-order valence-corrected chi connectivity index (χ1v) is 18.1. The highest BCUT2D eigenvalue weighted by molar-refractivity contribution is 6.10. The van der Waals surface area contributed by atoms with Crippen molar-refractivity contribution in [2.24, 2.45) is 5.92 Å². The monoisotopic (exact) mass is 769 g/mol. The number of carbonyl (C=O) groups is 5. The molecule has 5 heterocycles. The van der Waals surface area contributed by atoms with Gasteiger partial charge in [0.2, 0.25) is 23.2 Å². The number of pyridine rings is 2. The number of allylic oxidation sites excluding steroid dienone is 1. The zero-order valence-electron chi connectivity index (χ0n) is 31.1. The van der Waals surface area contributed by atoms with E-state index in [0.717, 1.165) is 4.90 Å². The van der Waals surface area contributed by atoms with Crippen molar-refractivity contribution in [1.82, 2.24) is 25.5 Å². The summed E-state index contributed by atoms with van der Waals surface area (Å²) in [5, 5.41) is 5.30. The van der Waals surface area contributed by atoms with Gasteiger partial charge in [-0.05, 0) is 53.0 Å². The van der Waals surface area contributed by atoms with Crippen LogP contribution in [0.4, 0.5) is 18.0 Å². The molecule has 17 heteroatoms. The van der Waals surface area contributed by atoms with E-state index in [-0.39, 0.29) is 29.9 Å². The van der Waals surface area contributed by atoms with Crippen LogP contribution in [0.2, 0.25) is 0 Å². The zero-order chi connectivity index (χ0) is 39.9. The number of hydrogen-bond acceptors (Lipinski definition) is 11. The molecule has 0 aromatic carbocycles. The molecule has 6 rings (SSSR count). The highest BCUT2D eigenvalue weighted by Crippen LogP contribution is 2.48. The van der Waals surface area contributed by atoms with Crippen LogP contribution in [-0.2, 0) is 30.0 Å². The highest BCUT2D eigenvalue weighted by atomic mass is 19.4. The Morgan fingerprint density at radius 2 is 1.89 bits per heavy atom. The molecule has 0 bridgehead atoms. The molecule has 5 unspecified atom stereocenters. The summed E-state index contributed by atoms with van der Waals surface area (Å²) in [5.41, 5.74) is -6.97. The normalized spacial score (nSPS) is 26.8. The molecular formula is C38H42F3N5O9. The van der Waals surface area contributed by atoms with Crippen LogP contribution in [0, 0.1) is 17.8 Å². The van der Waals surface area contributed by atoms with Crippen LogP contribution in [0.15, 0.2) is 24.3 Å². The molecule has 1 aliphatic carbocycles. The molecule has 1 spiro atoms. The van der Waals surface area contributed by atoms with E-state index in [4.69, 9.17) is 18.9 Å². The molecule has 55 heavy (non-hydrogen) atoms. The number of amides is 3. The van der Waals surface area contributed by atoms with E-state index in [0.29, 0.717) is 25.7 Å². The minimum Gasteiger partial charge on any atom is -0.482 e. The maximum atomic E-state index is 14.7. The lowest BCUT2D eigenvalue weighted by Gasteiger charge is -2.37. The van der Waals surface area contributed by atoms with E-state index in [9.17, 15) is 37.1 Å². The Morgan fingerprint density at radius 1 is 1.13 bits per heavy atom. The molecule has 294 valence electrons. The van der Waals surface area contributed by atoms with Crippen molar-refractivity contribution in [1.29, 1.82) is 0 Å². The van der Waals surface area contributed by atoms with E-state index < -0.39 is 107 Å². The average molecular weight is 770 g/mol. The number of ether oxygens (including phenoxy) is 4.